The van der Waals surface area contributed by atoms with Crippen molar-refractivity contribution in [2.45, 2.75) is 33.3 Å². The highest BCUT2D eigenvalue weighted by Crippen LogP contribution is 1.94. The number of hydrogen-bond donors (Lipinski definition) is 0. The zero-order valence-electron chi connectivity index (χ0n) is 5.98. The number of ether oxygens (including phenoxy) is 1. The molecule has 1 heteroatoms. The van der Waals surface area contributed by atoms with E-state index in [0.717, 1.165) is 13.0 Å². The first kappa shape index (κ1) is 7.96. The Morgan fingerprint density at radius 3 is 2.62 bits per heavy atom. The summed E-state index contributed by atoms with van der Waals surface area (Å²) < 4.78 is 5.28. The first-order valence-electron chi connectivity index (χ1n) is 3.22. The van der Waals surface area contributed by atoms with Gasteiger partial charge in [-0.15, -0.1) is 0 Å². The van der Waals surface area contributed by atoms with Gasteiger partial charge >= 0.3 is 0 Å². The Labute approximate surface area is 52.0 Å². The molecule has 0 aliphatic rings. The van der Waals surface area contributed by atoms with Gasteiger partial charge in [0.25, 0.3) is 0 Å². The van der Waals surface area contributed by atoms with Crippen LogP contribution in [0, 0.1) is 6.42 Å². The molecular formula is C7H15O. The Bertz CT molecular complexity index is 43.7. The molecule has 0 amide bonds. The molecule has 0 aromatic rings. The van der Waals surface area contributed by atoms with Gasteiger partial charge in [-0.05, 0) is 19.8 Å². The molecule has 0 aromatic carbocycles. The minimum atomic E-state index is 0.329. The van der Waals surface area contributed by atoms with Gasteiger partial charge in [-0.3, -0.25) is 0 Å². The lowest BCUT2D eigenvalue weighted by Gasteiger charge is -2.07. The molecule has 0 aliphatic carbocycles. The second-order valence-electron chi connectivity index (χ2n) is 1.91. The maximum Gasteiger partial charge on any atom is 0.0576 e. The van der Waals surface area contributed by atoms with Gasteiger partial charge in [-0.2, -0.15) is 0 Å². The van der Waals surface area contributed by atoms with Crippen LogP contribution in [0.15, 0.2) is 0 Å². The smallest absolute Gasteiger partial charge is 0.0576 e. The summed E-state index contributed by atoms with van der Waals surface area (Å²) in [5.41, 5.74) is 0. The molecule has 0 aromatic heterocycles. The van der Waals surface area contributed by atoms with Crippen molar-refractivity contribution in [2.24, 2.45) is 0 Å². The maximum absolute atomic E-state index is 5.28. The molecule has 0 fully saturated rings. The topological polar surface area (TPSA) is 9.23 Å². The van der Waals surface area contributed by atoms with Gasteiger partial charge in [-0.1, -0.05) is 13.8 Å². The van der Waals surface area contributed by atoms with Crippen LogP contribution in [0.2, 0.25) is 0 Å². The van der Waals surface area contributed by atoms with E-state index in [2.05, 4.69) is 20.3 Å². The summed E-state index contributed by atoms with van der Waals surface area (Å²) in [5.74, 6) is 0. The minimum absolute atomic E-state index is 0.329. The predicted molar refractivity (Wildman–Crippen MR) is 35.7 cm³/mol. The summed E-state index contributed by atoms with van der Waals surface area (Å²) in [6, 6.07) is 0. The molecular weight excluding hydrogens is 100 g/mol. The summed E-state index contributed by atoms with van der Waals surface area (Å²) in [6.07, 6.45) is 3.49. The van der Waals surface area contributed by atoms with Crippen LogP contribution in [-0.4, -0.2) is 12.7 Å². The molecule has 1 atom stereocenters. The molecule has 1 nitrogen and oxygen atoms in total. The van der Waals surface area contributed by atoms with Crippen LogP contribution in [-0.2, 0) is 4.74 Å². The molecule has 0 heterocycles. The zero-order valence-corrected chi connectivity index (χ0v) is 5.98. The van der Waals surface area contributed by atoms with Crippen molar-refractivity contribution in [3.63, 3.8) is 0 Å². The van der Waals surface area contributed by atoms with Crippen molar-refractivity contribution in [1.29, 1.82) is 0 Å². The minimum Gasteiger partial charge on any atom is -0.378 e. The fourth-order valence-corrected chi connectivity index (χ4v) is 0.400. The highest BCUT2D eigenvalue weighted by atomic mass is 16.5. The number of rotatable bonds is 4. The molecule has 0 spiro atoms. The van der Waals surface area contributed by atoms with E-state index in [0.29, 0.717) is 6.10 Å². The maximum atomic E-state index is 5.28. The Morgan fingerprint density at radius 1 is 1.62 bits per heavy atom. The molecule has 0 N–H and O–H groups in total. The third-order valence-electron chi connectivity index (χ3n) is 1.05. The average molecular weight is 115 g/mol. The quantitative estimate of drug-likeness (QED) is 0.544. The summed E-state index contributed by atoms with van der Waals surface area (Å²) >= 11 is 0. The van der Waals surface area contributed by atoms with Gasteiger partial charge in [0.2, 0.25) is 0 Å². The van der Waals surface area contributed by atoms with Gasteiger partial charge in [0, 0.05) is 6.61 Å². The lowest BCUT2D eigenvalue weighted by molar-refractivity contribution is 0.0880. The van der Waals surface area contributed by atoms with E-state index in [1.165, 1.54) is 0 Å². The lowest BCUT2D eigenvalue weighted by Crippen LogP contribution is -2.06. The molecule has 8 heavy (non-hydrogen) atoms. The van der Waals surface area contributed by atoms with Gasteiger partial charge in [-0.25, -0.2) is 0 Å². The van der Waals surface area contributed by atoms with Crippen molar-refractivity contribution in [1.82, 2.24) is 0 Å². The summed E-state index contributed by atoms with van der Waals surface area (Å²) in [7, 11) is 0. The van der Waals surface area contributed by atoms with Crippen LogP contribution in [0.5, 0.6) is 0 Å². The van der Waals surface area contributed by atoms with Crippen LogP contribution in [0.25, 0.3) is 0 Å². The average Bonchev–Trinajstić information content (AvgIpc) is 1.83. The van der Waals surface area contributed by atoms with Crippen LogP contribution in [0.1, 0.15) is 27.2 Å². The van der Waals surface area contributed by atoms with E-state index >= 15 is 0 Å². The molecule has 0 bridgehead atoms. The zero-order chi connectivity index (χ0) is 6.41. The van der Waals surface area contributed by atoms with E-state index < -0.39 is 0 Å². The Balaban J connectivity index is 2.86. The van der Waals surface area contributed by atoms with E-state index in [4.69, 9.17) is 4.74 Å². The van der Waals surface area contributed by atoms with Gasteiger partial charge in [0.05, 0.1) is 6.10 Å². The van der Waals surface area contributed by atoms with Crippen molar-refractivity contribution in [3.05, 3.63) is 6.42 Å². The lowest BCUT2D eigenvalue weighted by atomic mass is 10.3. The van der Waals surface area contributed by atoms with Gasteiger partial charge in [0.15, 0.2) is 0 Å². The largest absolute Gasteiger partial charge is 0.378 e. The van der Waals surface area contributed by atoms with E-state index in [1.54, 1.807) is 0 Å². The van der Waals surface area contributed by atoms with Crippen LogP contribution in [0.4, 0.5) is 0 Å². The molecule has 0 rings (SSSR count). The monoisotopic (exact) mass is 115 g/mol. The fourth-order valence-electron chi connectivity index (χ4n) is 0.400. The molecule has 1 unspecified atom stereocenters. The second-order valence-corrected chi connectivity index (χ2v) is 1.91. The fraction of sp³-hybridized carbons (Fsp3) is 0.857. The highest BCUT2D eigenvalue weighted by Gasteiger charge is 1.94. The summed E-state index contributed by atoms with van der Waals surface area (Å²) in [5, 5.41) is 0. The van der Waals surface area contributed by atoms with Crippen LogP contribution < -0.4 is 0 Å². The van der Waals surface area contributed by atoms with Gasteiger partial charge in [0.1, 0.15) is 0 Å². The third kappa shape index (κ3) is 4.13. The number of hydrogen-bond acceptors (Lipinski definition) is 1. The van der Waals surface area contributed by atoms with Gasteiger partial charge < -0.3 is 4.74 Å². The van der Waals surface area contributed by atoms with E-state index in [-0.39, 0.29) is 0 Å². The normalized spacial score (nSPS) is 13.9. The van der Waals surface area contributed by atoms with Crippen molar-refractivity contribution in [3.8, 4) is 0 Å². The Morgan fingerprint density at radius 2 is 2.25 bits per heavy atom. The van der Waals surface area contributed by atoms with Crippen molar-refractivity contribution >= 4 is 0 Å². The molecule has 0 aliphatic heterocycles. The summed E-state index contributed by atoms with van der Waals surface area (Å²) in [4.78, 5) is 0. The molecule has 1 radical (unpaired) electrons. The molecule has 0 saturated carbocycles. The third-order valence-corrected chi connectivity index (χ3v) is 1.05. The van der Waals surface area contributed by atoms with Crippen LogP contribution in [0.3, 0.4) is 0 Å². The van der Waals surface area contributed by atoms with Crippen molar-refractivity contribution < 1.29 is 4.74 Å². The standard InChI is InChI=1S/C7H15O/c1-4-6-8-7(3)5-2/h5,7H,4,6H2,1-3H3. The Hall–Kier alpha value is -0.0400. The molecule has 0 saturated heterocycles. The predicted octanol–water partition coefficient (Wildman–Crippen LogP) is 2.03. The SMILES string of the molecule is C[CH]C(C)OCCC. The van der Waals surface area contributed by atoms with Crippen molar-refractivity contribution in [2.75, 3.05) is 6.61 Å². The highest BCUT2D eigenvalue weighted by molar-refractivity contribution is 4.64. The first-order chi connectivity index (χ1) is 3.81. The van der Waals surface area contributed by atoms with E-state index in [1.807, 2.05) is 6.92 Å². The van der Waals surface area contributed by atoms with E-state index in [9.17, 15) is 0 Å². The Kier molecular flexibility index (Phi) is 5.08. The van der Waals surface area contributed by atoms with Crippen LogP contribution >= 0.6 is 0 Å². The summed E-state index contributed by atoms with van der Waals surface area (Å²) in [6.45, 7) is 7.06. The second kappa shape index (κ2) is 5.10. The first-order valence-corrected chi connectivity index (χ1v) is 3.22. The molecule has 49 valence electrons.